The van der Waals surface area contributed by atoms with E-state index in [1.54, 1.807) is 6.07 Å². The number of benzene rings is 1. The molecule has 0 unspecified atom stereocenters. The lowest BCUT2D eigenvalue weighted by atomic mass is 10.2. The van der Waals surface area contributed by atoms with E-state index in [0.29, 0.717) is 18.1 Å². The maximum Gasteiger partial charge on any atom is 0.161 e. The maximum atomic E-state index is 12.0. The minimum absolute atomic E-state index is 0.0632. The van der Waals surface area contributed by atoms with E-state index in [1.165, 1.54) is 0 Å². The highest BCUT2D eigenvalue weighted by Crippen LogP contribution is 2.29. The van der Waals surface area contributed by atoms with Crippen LogP contribution < -0.4 is 9.47 Å². The number of rotatable bonds is 6. The normalized spacial score (nSPS) is 10.1. The van der Waals surface area contributed by atoms with Gasteiger partial charge in [0, 0.05) is 5.33 Å². The van der Waals surface area contributed by atoms with Gasteiger partial charge in [0.2, 0.25) is 0 Å². The van der Waals surface area contributed by atoms with Crippen molar-refractivity contribution in [1.82, 2.24) is 0 Å². The third-order valence-electron chi connectivity index (χ3n) is 1.80. The highest BCUT2D eigenvalue weighted by atomic mass is 79.9. The summed E-state index contributed by atoms with van der Waals surface area (Å²) < 4.78 is 22.6. The van der Waals surface area contributed by atoms with Crippen LogP contribution >= 0.6 is 15.9 Å². The molecule has 0 aliphatic rings. The standard InChI is InChI=1S/C11H14BrFO2/c1-2-14-11-7-9(8-12)3-4-10(11)15-6-5-13/h3-4,7H,2,5-6,8H2,1H3. The average molecular weight is 277 g/mol. The van der Waals surface area contributed by atoms with Crippen molar-refractivity contribution in [3.05, 3.63) is 23.8 Å². The lowest BCUT2D eigenvalue weighted by molar-refractivity contribution is 0.251. The fourth-order valence-corrected chi connectivity index (χ4v) is 1.52. The highest BCUT2D eigenvalue weighted by Gasteiger charge is 2.05. The number of ether oxygens (including phenoxy) is 2. The first-order valence-corrected chi connectivity index (χ1v) is 5.94. The van der Waals surface area contributed by atoms with Crippen LogP contribution in [-0.4, -0.2) is 19.9 Å². The number of hydrogen-bond acceptors (Lipinski definition) is 2. The monoisotopic (exact) mass is 276 g/mol. The van der Waals surface area contributed by atoms with Gasteiger partial charge < -0.3 is 9.47 Å². The third kappa shape index (κ3) is 3.70. The zero-order valence-electron chi connectivity index (χ0n) is 8.63. The molecule has 1 rings (SSSR count). The summed E-state index contributed by atoms with van der Waals surface area (Å²) in [6, 6.07) is 5.62. The van der Waals surface area contributed by atoms with E-state index >= 15 is 0 Å². The molecule has 1 aromatic carbocycles. The molecule has 2 nitrogen and oxygen atoms in total. The van der Waals surface area contributed by atoms with Crippen LogP contribution in [0.5, 0.6) is 11.5 Å². The zero-order chi connectivity index (χ0) is 11.1. The SMILES string of the molecule is CCOc1cc(CBr)ccc1OCCF. The van der Waals surface area contributed by atoms with Gasteiger partial charge in [0.05, 0.1) is 6.61 Å². The Labute approximate surface area is 97.5 Å². The molecule has 0 saturated heterocycles. The van der Waals surface area contributed by atoms with Gasteiger partial charge >= 0.3 is 0 Å². The Kier molecular flexibility index (Phi) is 5.47. The van der Waals surface area contributed by atoms with Crippen molar-refractivity contribution in [3.63, 3.8) is 0 Å². The first-order chi connectivity index (χ1) is 7.31. The minimum atomic E-state index is -0.494. The molecule has 0 amide bonds. The van der Waals surface area contributed by atoms with Crippen molar-refractivity contribution in [2.24, 2.45) is 0 Å². The molecule has 15 heavy (non-hydrogen) atoms. The molecule has 0 bridgehead atoms. The summed E-state index contributed by atoms with van der Waals surface area (Å²) in [5.41, 5.74) is 1.10. The van der Waals surface area contributed by atoms with Crippen molar-refractivity contribution >= 4 is 15.9 Å². The molecule has 0 fully saturated rings. The minimum Gasteiger partial charge on any atom is -0.490 e. The zero-order valence-corrected chi connectivity index (χ0v) is 10.2. The predicted molar refractivity (Wildman–Crippen MR) is 61.7 cm³/mol. The first-order valence-electron chi connectivity index (χ1n) is 4.82. The summed E-state index contributed by atoms with van der Waals surface area (Å²) in [7, 11) is 0. The van der Waals surface area contributed by atoms with E-state index in [1.807, 2.05) is 19.1 Å². The van der Waals surface area contributed by atoms with Gasteiger partial charge in [-0.3, -0.25) is 0 Å². The number of hydrogen-bond donors (Lipinski definition) is 0. The maximum absolute atomic E-state index is 12.0. The number of halogens is 2. The Hall–Kier alpha value is -0.770. The van der Waals surface area contributed by atoms with Gasteiger partial charge in [-0.25, -0.2) is 4.39 Å². The van der Waals surface area contributed by atoms with Crippen LogP contribution in [0.15, 0.2) is 18.2 Å². The van der Waals surface area contributed by atoms with Crippen LogP contribution in [0.3, 0.4) is 0 Å². The second kappa shape index (κ2) is 6.67. The van der Waals surface area contributed by atoms with Crippen molar-refractivity contribution in [2.45, 2.75) is 12.3 Å². The Morgan fingerprint density at radius 1 is 1.27 bits per heavy atom. The van der Waals surface area contributed by atoms with E-state index in [-0.39, 0.29) is 6.61 Å². The van der Waals surface area contributed by atoms with Gasteiger partial charge in [-0.1, -0.05) is 22.0 Å². The molecule has 0 saturated carbocycles. The van der Waals surface area contributed by atoms with E-state index in [2.05, 4.69) is 15.9 Å². The fourth-order valence-electron chi connectivity index (χ4n) is 1.17. The molecule has 0 atom stereocenters. The molecule has 0 aliphatic carbocycles. The molecule has 0 heterocycles. The average Bonchev–Trinajstić information content (AvgIpc) is 2.27. The summed E-state index contributed by atoms with van der Waals surface area (Å²) in [6.45, 7) is 2.04. The summed E-state index contributed by atoms with van der Waals surface area (Å²) in [5.74, 6) is 1.27. The van der Waals surface area contributed by atoms with Crippen molar-refractivity contribution < 1.29 is 13.9 Å². The molecule has 0 N–H and O–H groups in total. The Morgan fingerprint density at radius 2 is 2.07 bits per heavy atom. The predicted octanol–water partition coefficient (Wildman–Crippen LogP) is 3.33. The second-order valence-electron chi connectivity index (χ2n) is 2.89. The molecule has 84 valence electrons. The molecule has 1 aromatic rings. The quantitative estimate of drug-likeness (QED) is 0.742. The van der Waals surface area contributed by atoms with E-state index in [0.717, 1.165) is 10.9 Å². The van der Waals surface area contributed by atoms with Gasteiger partial charge in [0.15, 0.2) is 11.5 Å². The molecular formula is C11H14BrFO2. The van der Waals surface area contributed by atoms with Gasteiger partial charge in [-0.15, -0.1) is 0 Å². The van der Waals surface area contributed by atoms with E-state index < -0.39 is 6.67 Å². The van der Waals surface area contributed by atoms with Crippen LogP contribution in [0.1, 0.15) is 12.5 Å². The van der Waals surface area contributed by atoms with Crippen LogP contribution in [0.4, 0.5) is 4.39 Å². The molecule has 4 heteroatoms. The van der Waals surface area contributed by atoms with Gasteiger partial charge in [-0.05, 0) is 24.6 Å². The van der Waals surface area contributed by atoms with Gasteiger partial charge in [0.1, 0.15) is 13.3 Å². The van der Waals surface area contributed by atoms with Crippen LogP contribution in [-0.2, 0) is 5.33 Å². The summed E-state index contributed by atoms with van der Waals surface area (Å²) in [4.78, 5) is 0. The Morgan fingerprint density at radius 3 is 2.67 bits per heavy atom. The topological polar surface area (TPSA) is 18.5 Å². The third-order valence-corrected chi connectivity index (χ3v) is 2.44. The van der Waals surface area contributed by atoms with Gasteiger partial charge in [-0.2, -0.15) is 0 Å². The van der Waals surface area contributed by atoms with Crippen LogP contribution in [0.2, 0.25) is 0 Å². The lowest BCUT2D eigenvalue weighted by Crippen LogP contribution is -2.02. The van der Waals surface area contributed by atoms with Crippen molar-refractivity contribution in [2.75, 3.05) is 19.9 Å². The van der Waals surface area contributed by atoms with Crippen molar-refractivity contribution in [3.8, 4) is 11.5 Å². The fraction of sp³-hybridized carbons (Fsp3) is 0.455. The first kappa shape index (κ1) is 12.3. The molecular weight excluding hydrogens is 263 g/mol. The largest absolute Gasteiger partial charge is 0.490 e. The number of alkyl halides is 2. The highest BCUT2D eigenvalue weighted by molar-refractivity contribution is 9.08. The van der Waals surface area contributed by atoms with Gasteiger partial charge in [0.25, 0.3) is 0 Å². The summed E-state index contributed by atoms with van der Waals surface area (Å²) in [6.07, 6.45) is 0. The second-order valence-corrected chi connectivity index (χ2v) is 3.45. The molecule has 0 aliphatic heterocycles. The van der Waals surface area contributed by atoms with E-state index in [9.17, 15) is 4.39 Å². The smallest absolute Gasteiger partial charge is 0.161 e. The van der Waals surface area contributed by atoms with E-state index in [4.69, 9.17) is 9.47 Å². The molecule has 0 radical (unpaired) electrons. The van der Waals surface area contributed by atoms with Crippen LogP contribution in [0, 0.1) is 0 Å². The Bertz CT molecular complexity index is 305. The molecule has 0 spiro atoms. The van der Waals surface area contributed by atoms with Crippen LogP contribution in [0.25, 0.3) is 0 Å². The lowest BCUT2D eigenvalue weighted by Gasteiger charge is -2.11. The molecule has 0 aromatic heterocycles. The Balaban J connectivity index is 2.82. The van der Waals surface area contributed by atoms with Crippen molar-refractivity contribution in [1.29, 1.82) is 0 Å². The summed E-state index contributed by atoms with van der Waals surface area (Å²) in [5, 5.41) is 0.760. The summed E-state index contributed by atoms with van der Waals surface area (Å²) >= 11 is 3.36.